The average Bonchev–Trinajstić information content (AvgIpc) is 2.64. The molecule has 2 N–H and O–H groups in total. The molecule has 134 valence electrons. The van der Waals surface area contributed by atoms with Crippen molar-refractivity contribution >= 4 is 5.69 Å². The number of hydrogen-bond donors (Lipinski definition) is 1. The molecule has 1 atom stereocenters. The third kappa shape index (κ3) is 4.87. The maximum Gasteiger partial charge on any atom is 0.268 e. The Kier molecular flexibility index (Phi) is 6.14. The Morgan fingerprint density at radius 3 is 3.04 bits per heavy atom. The Morgan fingerprint density at radius 2 is 2.28 bits per heavy atom. The third-order valence-corrected chi connectivity index (χ3v) is 4.41. The van der Waals surface area contributed by atoms with Crippen LogP contribution in [-0.2, 0) is 17.7 Å². The lowest BCUT2D eigenvalue weighted by atomic mass is 10.1. The minimum Gasteiger partial charge on any atom is -0.374 e. The number of morpholine rings is 1. The topological polar surface area (TPSA) is 86.3 Å². The number of aryl methyl sites for hydroxylation is 2. The Balaban J connectivity index is 1.58. The van der Waals surface area contributed by atoms with Crippen molar-refractivity contribution in [2.45, 2.75) is 31.9 Å². The second-order valence-electron chi connectivity index (χ2n) is 6.26. The molecule has 1 fully saturated rings. The molecule has 0 aliphatic carbocycles. The van der Waals surface area contributed by atoms with Gasteiger partial charge in [0.05, 0.1) is 24.6 Å². The van der Waals surface area contributed by atoms with E-state index in [2.05, 4.69) is 15.0 Å². The van der Waals surface area contributed by atoms with Gasteiger partial charge >= 0.3 is 0 Å². The fourth-order valence-corrected chi connectivity index (χ4v) is 3.06. The van der Waals surface area contributed by atoms with E-state index in [0.29, 0.717) is 19.7 Å². The van der Waals surface area contributed by atoms with E-state index in [0.717, 1.165) is 38.0 Å². The van der Waals surface area contributed by atoms with Crippen LogP contribution in [0.25, 0.3) is 0 Å². The minimum absolute atomic E-state index is 0.0643. The van der Waals surface area contributed by atoms with Gasteiger partial charge in [0.25, 0.3) is 5.56 Å². The summed E-state index contributed by atoms with van der Waals surface area (Å²) in [5, 5.41) is 4.34. The molecule has 1 aliphatic heterocycles. The summed E-state index contributed by atoms with van der Waals surface area (Å²) < 4.78 is 7.21. The van der Waals surface area contributed by atoms with E-state index in [4.69, 9.17) is 10.5 Å². The lowest BCUT2D eigenvalue weighted by molar-refractivity contribution is 0.0368. The molecule has 2 aromatic heterocycles. The summed E-state index contributed by atoms with van der Waals surface area (Å²) in [7, 11) is 0. The van der Waals surface area contributed by atoms with Gasteiger partial charge in [-0.3, -0.25) is 9.78 Å². The number of rotatable bonds is 7. The summed E-state index contributed by atoms with van der Waals surface area (Å²) in [5.74, 6) is 0. The van der Waals surface area contributed by atoms with Crippen molar-refractivity contribution in [2.24, 2.45) is 5.73 Å². The molecule has 7 heteroatoms. The normalized spacial score (nSPS) is 17.6. The molecule has 2 aromatic rings. The largest absolute Gasteiger partial charge is 0.374 e. The highest BCUT2D eigenvalue weighted by atomic mass is 16.5. The summed E-state index contributed by atoms with van der Waals surface area (Å²) in [6, 6.07) is 5.64. The van der Waals surface area contributed by atoms with Gasteiger partial charge in [-0.2, -0.15) is 5.10 Å². The molecular formula is C18H25N5O2. The van der Waals surface area contributed by atoms with E-state index in [9.17, 15) is 4.79 Å². The number of hydrogen-bond acceptors (Lipinski definition) is 6. The van der Waals surface area contributed by atoms with Gasteiger partial charge < -0.3 is 15.4 Å². The van der Waals surface area contributed by atoms with E-state index in [-0.39, 0.29) is 11.7 Å². The number of nitrogens with two attached hydrogens (primary N) is 1. The van der Waals surface area contributed by atoms with Crippen LogP contribution in [0, 0.1) is 0 Å². The lowest BCUT2D eigenvalue weighted by Gasteiger charge is -2.34. The van der Waals surface area contributed by atoms with Crippen molar-refractivity contribution in [1.29, 1.82) is 0 Å². The van der Waals surface area contributed by atoms with Gasteiger partial charge in [0, 0.05) is 38.1 Å². The van der Waals surface area contributed by atoms with E-state index in [1.54, 1.807) is 18.5 Å². The van der Waals surface area contributed by atoms with Gasteiger partial charge in [0.2, 0.25) is 0 Å². The van der Waals surface area contributed by atoms with Crippen LogP contribution in [0.5, 0.6) is 0 Å². The van der Waals surface area contributed by atoms with Crippen molar-refractivity contribution in [1.82, 2.24) is 14.8 Å². The highest BCUT2D eigenvalue weighted by Gasteiger charge is 2.20. The zero-order chi connectivity index (χ0) is 17.5. The first kappa shape index (κ1) is 17.6. The molecule has 25 heavy (non-hydrogen) atoms. The number of ether oxygens (including phenoxy) is 1. The van der Waals surface area contributed by atoms with Crippen molar-refractivity contribution in [3.63, 3.8) is 0 Å². The smallest absolute Gasteiger partial charge is 0.268 e. The van der Waals surface area contributed by atoms with Crippen LogP contribution in [0.2, 0.25) is 0 Å². The van der Waals surface area contributed by atoms with Crippen molar-refractivity contribution in [3.8, 4) is 0 Å². The number of aromatic nitrogens is 3. The standard InChI is InChI=1S/C18H25N5O2/c19-6-5-17-14-22(9-10-25-17)16-11-18(24)23(21-13-16)8-2-4-15-3-1-7-20-12-15/h1,3,7,11-13,17H,2,4-6,8-10,14,19H2/t17-/m1/s1. The van der Waals surface area contributed by atoms with E-state index >= 15 is 0 Å². The maximum absolute atomic E-state index is 12.3. The quantitative estimate of drug-likeness (QED) is 0.801. The van der Waals surface area contributed by atoms with E-state index in [1.807, 2.05) is 18.3 Å². The van der Waals surface area contributed by atoms with Crippen LogP contribution in [0.15, 0.2) is 41.6 Å². The van der Waals surface area contributed by atoms with Gasteiger partial charge in [0.1, 0.15) is 0 Å². The predicted octanol–water partition coefficient (Wildman–Crippen LogP) is 0.825. The van der Waals surface area contributed by atoms with Crippen LogP contribution in [0.4, 0.5) is 5.69 Å². The second kappa shape index (κ2) is 8.73. The summed E-state index contributed by atoms with van der Waals surface area (Å²) in [4.78, 5) is 18.6. The average molecular weight is 343 g/mol. The first-order valence-electron chi connectivity index (χ1n) is 8.79. The fraction of sp³-hybridized carbons (Fsp3) is 0.500. The molecule has 3 heterocycles. The van der Waals surface area contributed by atoms with Gasteiger partial charge in [-0.15, -0.1) is 0 Å². The Bertz CT molecular complexity index is 717. The number of pyridine rings is 1. The van der Waals surface area contributed by atoms with Gasteiger partial charge in [0.15, 0.2) is 0 Å². The summed E-state index contributed by atoms with van der Waals surface area (Å²) in [5.41, 5.74) is 7.58. The summed E-state index contributed by atoms with van der Waals surface area (Å²) in [6.07, 6.45) is 8.09. The van der Waals surface area contributed by atoms with Crippen LogP contribution in [-0.4, -0.2) is 47.1 Å². The zero-order valence-corrected chi connectivity index (χ0v) is 14.4. The van der Waals surface area contributed by atoms with Crippen LogP contribution >= 0.6 is 0 Å². The predicted molar refractivity (Wildman–Crippen MR) is 96.7 cm³/mol. The molecular weight excluding hydrogens is 318 g/mol. The monoisotopic (exact) mass is 343 g/mol. The first-order chi connectivity index (χ1) is 12.3. The van der Waals surface area contributed by atoms with Crippen LogP contribution in [0.1, 0.15) is 18.4 Å². The third-order valence-electron chi connectivity index (χ3n) is 4.41. The van der Waals surface area contributed by atoms with E-state index in [1.165, 1.54) is 10.2 Å². The molecule has 0 unspecified atom stereocenters. The Hall–Kier alpha value is -2.25. The van der Waals surface area contributed by atoms with Crippen molar-refractivity contribution in [2.75, 3.05) is 31.1 Å². The zero-order valence-electron chi connectivity index (χ0n) is 14.4. The minimum atomic E-state index is -0.0643. The molecule has 0 amide bonds. The molecule has 0 radical (unpaired) electrons. The molecule has 0 spiro atoms. The number of nitrogens with zero attached hydrogens (tertiary/aromatic N) is 4. The summed E-state index contributed by atoms with van der Waals surface area (Å²) >= 11 is 0. The highest BCUT2D eigenvalue weighted by molar-refractivity contribution is 5.43. The SMILES string of the molecule is NCC[C@@H]1CN(c2cnn(CCCc3cccnc3)c(=O)c2)CCO1. The highest BCUT2D eigenvalue weighted by Crippen LogP contribution is 2.16. The molecule has 3 rings (SSSR count). The van der Waals surface area contributed by atoms with Crippen LogP contribution < -0.4 is 16.2 Å². The van der Waals surface area contributed by atoms with Gasteiger partial charge in [-0.05, 0) is 37.4 Å². The Morgan fingerprint density at radius 1 is 1.36 bits per heavy atom. The maximum atomic E-state index is 12.3. The molecule has 0 saturated carbocycles. The fourth-order valence-electron chi connectivity index (χ4n) is 3.06. The molecule has 7 nitrogen and oxygen atoms in total. The van der Waals surface area contributed by atoms with Crippen molar-refractivity contribution < 1.29 is 4.74 Å². The summed E-state index contributed by atoms with van der Waals surface area (Å²) in [6.45, 7) is 3.39. The van der Waals surface area contributed by atoms with E-state index < -0.39 is 0 Å². The number of anilines is 1. The molecule has 0 aromatic carbocycles. The van der Waals surface area contributed by atoms with Gasteiger partial charge in [-0.25, -0.2) is 4.68 Å². The molecule has 1 aliphatic rings. The molecule has 0 bridgehead atoms. The first-order valence-corrected chi connectivity index (χ1v) is 8.79. The van der Waals surface area contributed by atoms with Crippen molar-refractivity contribution in [3.05, 3.63) is 52.7 Å². The van der Waals surface area contributed by atoms with Crippen LogP contribution in [0.3, 0.4) is 0 Å². The molecule has 1 saturated heterocycles. The lowest BCUT2D eigenvalue weighted by Crippen LogP contribution is -2.43. The Labute approximate surface area is 147 Å². The van der Waals surface area contributed by atoms with Gasteiger partial charge in [-0.1, -0.05) is 6.07 Å². The second-order valence-corrected chi connectivity index (χ2v) is 6.26.